The van der Waals surface area contributed by atoms with Crippen LogP contribution in [0.15, 0.2) is 63.6 Å². The zero-order valence-corrected chi connectivity index (χ0v) is 13.2. The topological polar surface area (TPSA) is 153 Å². The van der Waals surface area contributed by atoms with E-state index < -0.39 is 20.0 Å². The molecule has 0 aliphatic heterocycles. The lowest BCUT2D eigenvalue weighted by atomic mass is 10.2. The molecule has 0 amide bonds. The quantitative estimate of drug-likeness (QED) is 0.597. The molecule has 0 radical (unpaired) electrons. The van der Waals surface area contributed by atoms with Gasteiger partial charge in [-0.2, -0.15) is 5.01 Å². The lowest BCUT2D eigenvalue weighted by molar-refractivity contribution is 0.596. The van der Waals surface area contributed by atoms with E-state index in [1.807, 2.05) is 0 Å². The normalized spacial score (nSPS) is 11.9. The Hall–Kier alpha value is -2.34. The maximum absolute atomic E-state index is 11.2. The molecule has 0 aliphatic carbocycles. The van der Waals surface area contributed by atoms with Crippen LogP contribution in [0.1, 0.15) is 0 Å². The first-order chi connectivity index (χ1) is 10.6. The maximum Gasteiger partial charge on any atom is 0.238 e. The van der Waals surface area contributed by atoms with Crippen LogP contribution in [0.4, 0.5) is 11.4 Å². The van der Waals surface area contributed by atoms with Crippen molar-refractivity contribution in [1.29, 1.82) is 0 Å². The van der Waals surface area contributed by atoms with Gasteiger partial charge in [0.2, 0.25) is 20.0 Å². The molecule has 122 valence electrons. The Morgan fingerprint density at radius 1 is 0.696 bits per heavy atom. The highest BCUT2D eigenvalue weighted by atomic mass is 32.2. The molecule has 23 heavy (non-hydrogen) atoms. The van der Waals surface area contributed by atoms with E-state index in [1.165, 1.54) is 48.5 Å². The number of nitroso groups, excluding NO2 is 1. The molecule has 2 aromatic carbocycles. The standard InChI is InChI=1S/C12H12N4O5S2/c13-22(18,19)11-5-1-9(2-6-11)16(15-17)10-3-7-12(8-4-10)23(14,20)21/h1-8H,(H2,13,18,19)(H2,14,20,21). The molecule has 9 nitrogen and oxygen atoms in total. The van der Waals surface area contributed by atoms with Gasteiger partial charge in [-0.05, 0) is 48.5 Å². The molecule has 0 spiro atoms. The second-order valence-corrected chi connectivity index (χ2v) is 7.59. The summed E-state index contributed by atoms with van der Waals surface area (Å²) in [6.07, 6.45) is 0. The fourth-order valence-electron chi connectivity index (χ4n) is 1.80. The number of rotatable bonds is 5. The van der Waals surface area contributed by atoms with Crippen LogP contribution >= 0.6 is 0 Å². The minimum absolute atomic E-state index is 0.114. The van der Waals surface area contributed by atoms with E-state index in [0.717, 1.165) is 5.01 Å². The zero-order chi connectivity index (χ0) is 17.3. The van der Waals surface area contributed by atoms with Gasteiger partial charge < -0.3 is 0 Å². The molecule has 2 rings (SSSR count). The van der Waals surface area contributed by atoms with E-state index in [1.54, 1.807) is 0 Å². The molecule has 11 heteroatoms. The third-order valence-electron chi connectivity index (χ3n) is 2.90. The Morgan fingerprint density at radius 3 is 1.22 bits per heavy atom. The Labute approximate surface area is 132 Å². The Kier molecular flexibility index (Phi) is 4.47. The van der Waals surface area contributed by atoms with Crippen LogP contribution in [0.2, 0.25) is 0 Å². The van der Waals surface area contributed by atoms with Crippen molar-refractivity contribution in [1.82, 2.24) is 0 Å². The lowest BCUT2D eigenvalue weighted by Gasteiger charge is -2.15. The molecule has 0 saturated heterocycles. The molecule has 0 heterocycles. The molecule has 0 aromatic heterocycles. The summed E-state index contributed by atoms with van der Waals surface area (Å²) in [5.74, 6) is 0. The van der Waals surface area contributed by atoms with Crippen LogP contribution in [-0.4, -0.2) is 16.8 Å². The van der Waals surface area contributed by atoms with Crippen molar-refractivity contribution < 1.29 is 16.8 Å². The van der Waals surface area contributed by atoms with Gasteiger partial charge in [0.1, 0.15) is 0 Å². The summed E-state index contributed by atoms with van der Waals surface area (Å²) in [4.78, 5) is 10.8. The number of sulfonamides is 2. The van der Waals surface area contributed by atoms with E-state index in [0.29, 0.717) is 0 Å². The first-order valence-electron chi connectivity index (χ1n) is 6.02. The van der Waals surface area contributed by atoms with Crippen LogP contribution in [0.5, 0.6) is 0 Å². The largest absolute Gasteiger partial charge is 0.238 e. The van der Waals surface area contributed by atoms with Crippen LogP contribution in [0.3, 0.4) is 0 Å². The highest BCUT2D eigenvalue weighted by Crippen LogP contribution is 2.27. The van der Waals surface area contributed by atoms with Gasteiger partial charge in [0, 0.05) is 0 Å². The van der Waals surface area contributed by atoms with Crippen molar-refractivity contribution in [3.05, 3.63) is 53.4 Å². The first-order valence-corrected chi connectivity index (χ1v) is 9.11. The molecule has 0 unspecified atom stereocenters. The van der Waals surface area contributed by atoms with Crippen LogP contribution in [0.25, 0.3) is 0 Å². The highest BCUT2D eigenvalue weighted by molar-refractivity contribution is 7.89. The molecular formula is C12H12N4O5S2. The van der Waals surface area contributed by atoms with Crippen molar-refractivity contribution in [2.75, 3.05) is 5.01 Å². The number of nitrogens with two attached hydrogens (primary N) is 2. The number of nitrogens with zero attached hydrogens (tertiary/aromatic N) is 2. The molecule has 0 fully saturated rings. The molecular weight excluding hydrogens is 344 g/mol. The summed E-state index contributed by atoms with van der Waals surface area (Å²) in [6, 6.07) is 10.3. The summed E-state index contributed by atoms with van der Waals surface area (Å²) in [6.45, 7) is 0. The van der Waals surface area contributed by atoms with Crippen molar-refractivity contribution >= 4 is 31.4 Å². The lowest BCUT2D eigenvalue weighted by Crippen LogP contribution is -2.13. The predicted octanol–water partition coefficient (Wildman–Crippen LogP) is 0.801. The predicted molar refractivity (Wildman–Crippen MR) is 83.6 cm³/mol. The molecule has 0 saturated carbocycles. The Morgan fingerprint density at radius 2 is 1.00 bits per heavy atom. The molecule has 0 aliphatic rings. The minimum Gasteiger partial charge on any atom is -0.225 e. The number of hydrogen-bond donors (Lipinski definition) is 2. The summed E-state index contributed by atoms with van der Waals surface area (Å²) >= 11 is 0. The Bertz CT molecular complexity index is 847. The fourth-order valence-corrected chi connectivity index (χ4v) is 2.83. The van der Waals surface area contributed by atoms with E-state index in [4.69, 9.17) is 10.3 Å². The van der Waals surface area contributed by atoms with Gasteiger partial charge in [-0.1, -0.05) is 0 Å². The number of primary sulfonamides is 2. The van der Waals surface area contributed by atoms with Gasteiger partial charge in [-0.25, -0.2) is 27.1 Å². The maximum atomic E-state index is 11.2. The van der Waals surface area contributed by atoms with Crippen molar-refractivity contribution in [2.45, 2.75) is 9.79 Å². The summed E-state index contributed by atoms with van der Waals surface area (Å²) in [7, 11) is -7.69. The van der Waals surface area contributed by atoms with Gasteiger partial charge in [-0.3, -0.25) is 0 Å². The van der Waals surface area contributed by atoms with Gasteiger partial charge >= 0.3 is 0 Å². The summed E-state index contributed by atoms with van der Waals surface area (Å²) < 4.78 is 44.8. The van der Waals surface area contributed by atoms with Crippen molar-refractivity contribution in [3.63, 3.8) is 0 Å². The van der Waals surface area contributed by atoms with Crippen LogP contribution < -0.4 is 15.3 Å². The van der Waals surface area contributed by atoms with Gasteiger partial charge in [-0.15, -0.1) is 4.91 Å². The SMILES string of the molecule is NS(=O)(=O)c1ccc(N(N=O)c2ccc(S(N)(=O)=O)cc2)cc1. The summed E-state index contributed by atoms with van der Waals surface area (Å²) in [5.41, 5.74) is 0.548. The van der Waals surface area contributed by atoms with E-state index >= 15 is 0 Å². The second kappa shape index (κ2) is 6.04. The average Bonchev–Trinajstić information content (AvgIpc) is 2.47. The number of anilines is 2. The molecule has 0 bridgehead atoms. The van der Waals surface area contributed by atoms with Crippen molar-refractivity contribution in [2.24, 2.45) is 15.6 Å². The van der Waals surface area contributed by atoms with E-state index in [-0.39, 0.29) is 21.2 Å². The minimum atomic E-state index is -3.85. The molecule has 2 aromatic rings. The van der Waals surface area contributed by atoms with Crippen LogP contribution in [-0.2, 0) is 20.0 Å². The average molecular weight is 356 g/mol. The van der Waals surface area contributed by atoms with E-state index in [2.05, 4.69) is 5.29 Å². The van der Waals surface area contributed by atoms with Crippen molar-refractivity contribution in [3.8, 4) is 0 Å². The van der Waals surface area contributed by atoms with E-state index in [9.17, 15) is 21.7 Å². The van der Waals surface area contributed by atoms with Gasteiger partial charge in [0.05, 0.1) is 26.5 Å². The number of hydrogen-bond acceptors (Lipinski definition) is 6. The van der Waals surface area contributed by atoms with Gasteiger partial charge in [0.15, 0.2) is 0 Å². The first kappa shape index (κ1) is 17.0. The third kappa shape index (κ3) is 3.90. The second-order valence-electron chi connectivity index (χ2n) is 4.47. The highest BCUT2D eigenvalue weighted by Gasteiger charge is 2.14. The Balaban J connectivity index is 2.38. The molecule has 0 atom stereocenters. The summed E-state index contributed by atoms with van der Waals surface area (Å²) in [5, 5.41) is 13.8. The van der Waals surface area contributed by atoms with Crippen LogP contribution in [0, 0.1) is 4.91 Å². The van der Waals surface area contributed by atoms with Gasteiger partial charge in [0.25, 0.3) is 0 Å². The number of benzene rings is 2. The molecule has 4 N–H and O–H groups in total. The fraction of sp³-hybridized carbons (Fsp3) is 0. The monoisotopic (exact) mass is 356 g/mol. The zero-order valence-electron chi connectivity index (χ0n) is 11.5. The third-order valence-corrected chi connectivity index (χ3v) is 4.76. The smallest absolute Gasteiger partial charge is 0.225 e.